The van der Waals surface area contributed by atoms with Gasteiger partial charge in [0.1, 0.15) is 0 Å². The fourth-order valence-corrected chi connectivity index (χ4v) is 7.58. The minimum absolute atomic E-state index is 0.649. The van der Waals surface area contributed by atoms with Crippen molar-refractivity contribution in [2.24, 2.45) is 0 Å². The smallest absolute Gasteiger partial charge is 0.164 e. The number of rotatable bonds is 6. The van der Waals surface area contributed by atoms with Gasteiger partial charge in [0, 0.05) is 36.9 Å². The average Bonchev–Trinajstić information content (AvgIpc) is 3.57. The molecule has 0 saturated heterocycles. The van der Waals surface area contributed by atoms with Gasteiger partial charge in [0.2, 0.25) is 0 Å². The highest BCUT2D eigenvalue weighted by atomic mass is 32.1. The molecule has 0 aliphatic carbocycles. The minimum Gasteiger partial charge on any atom is -0.208 e. The summed E-state index contributed by atoms with van der Waals surface area (Å²) in [5, 5.41) is 2.38. The second kappa shape index (κ2) is 12.4. The number of benzene rings is 7. The van der Waals surface area contributed by atoms with E-state index in [2.05, 4.69) is 152 Å². The summed E-state index contributed by atoms with van der Waals surface area (Å²) in [5.74, 6) is 1.97. The van der Waals surface area contributed by atoms with E-state index in [1.807, 2.05) is 24.3 Å². The predicted molar refractivity (Wildman–Crippen MR) is 205 cm³/mol. The SMILES string of the molecule is c1ccc(-c2ccc(-c3ccc(-c4nc(-c5ccccc5)nc(-c5cccc6sc7ccc(-c8ccccc8)cc7c56)n4)cc3)cc2)cc1. The van der Waals surface area contributed by atoms with Crippen molar-refractivity contribution in [3.05, 3.63) is 176 Å². The van der Waals surface area contributed by atoms with Crippen molar-refractivity contribution >= 4 is 31.5 Å². The van der Waals surface area contributed by atoms with E-state index in [0.717, 1.165) is 22.3 Å². The fraction of sp³-hybridized carbons (Fsp3) is 0. The molecule has 49 heavy (non-hydrogen) atoms. The van der Waals surface area contributed by atoms with Crippen molar-refractivity contribution in [2.45, 2.75) is 0 Å². The summed E-state index contributed by atoms with van der Waals surface area (Å²) in [6.07, 6.45) is 0. The van der Waals surface area contributed by atoms with Gasteiger partial charge in [0.05, 0.1) is 0 Å². The molecule has 0 radical (unpaired) electrons. The van der Waals surface area contributed by atoms with E-state index in [1.54, 1.807) is 11.3 Å². The third-order valence-electron chi connectivity index (χ3n) is 8.98. The van der Waals surface area contributed by atoms with Crippen LogP contribution in [0.15, 0.2) is 176 Å². The Kier molecular flexibility index (Phi) is 7.34. The summed E-state index contributed by atoms with van der Waals surface area (Å²) in [6.45, 7) is 0. The lowest BCUT2D eigenvalue weighted by Crippen LogP contribution is -2.00. The minimum atomic E-state index is 0.649. The molecule has 0 aliphatic rings. The Morgan fingerprint density at radius 3 is 1.31 bits per heavy atom. The highest BCUT2D eigenvalue weighted by molar-refractivity contribution is 7.26. The van der Waals surface area contributed by atoms with Crippen molar-refractivity contribution in [1.29, 1.82) is 0 Å². The zero-order valence-electron chi connectivity index (χ0n) is 26.5. The van der Waals surface area contributed by atoms with Gasteiger partial charge in [-0.05, 0) is 51.6 Å². The van der Waals surface area contributed by atoms with Gasteiger partial charge >= 0.3 is 0 Å². The Bertz CT molecular complexity index is 2560. The first-order chi connectivity index (χ1) is 24.3. The third kappa shape index (κ3) is 5.58. The van der Waals surface area contributed by atoms with Crippen LogP contribution in [0.3, 0.4) is 0 Å². The first-order valence-corrected chi connectivity index (χ1v) is 17.2. The third-order valence-corrected chi connectivity index (χ3v) is 10.1. The van der Waals surface area contributed by atoms with Gasteiger partial charge in [-0.1, -0.05) is 158 Å². The highest BCUT2D eigenvalue weighted by Gasteiger charge is 2.17. The molecule has 0 atom stereocenters. The Labute approximate surface area is 288 Å². The number of hydrogen-bond acceptors (Lipinski definition) is 4. The fourth-order valence-electron chi connectivity index (χ4n) is 6.46. The summed E-state index contributed by atoms with van der Waals surface area (Å²) in [4.78, 5) is 15.3. The molecule has 0 amide bonds. The van der Waals surface area contributed by atoms with Crippen LogP contribution >= 0.6 is 11.3 Å². The molecule has 4 heteroatoms. The van der Waals surface area contributed by atoms with Crippen LogP contribution in [0.4, 0.5) is 0 Å². The molecule has 0 N–H and O–H groups in total. The molecule has 0 aliphatic heterocycles. The topological polar surface area (TPSA) is 38.7 Å². The number of aromatic nitrogens is 3. The monoisotopic (exact) mass is 643 g/mol. The zero-order chi connectivity index (χ0) is 32.6. The molecule has 9 rings (SSSR count). The molecule has 7 aromatic carbocycles. The second-order valence-corrected chi connectivity index (χ2v) is 13.1. The van der Waals surface area contributed by atoms with Crippen LogP contribution in [0, 0.1) is 0 Å². The standard InChI is InChI=1S/C45H29N3S/c1-4-11-30(12-5-1)32-19-21-33(22-20-32)34-23-25-36(26-24-34)44-46-43(35-15-8-3-9-16-35)47-45(48-44)38-17-10-18-41-42(38)39-29-37(27-28-40(39)49-41)31-13-6-2-7-14-31/h1-29H. The first-order valence-electron chi connectivity index (χ1n) is 16.4. The number of nitrogens with zero attached hydrogens (tertiary/aromatic N) is 3. The summed E-state index contributed by atoms with van der Waals surface area (Å²) in [5.41, 5.74) is 10.0. The molecule has 0 spiro atoms. The molecule has 0 bridgehead atoms. The molecule has 2 heterocycles. The maximum atomic E-state index is 5.15. The zero-order valence-corrected chi connectivity index (χ0v) is 27.3. The van der Waals surface area contributed by atoms with Gasteiger partial charge in [0.25, 0.3) is 0 Å². The van der Waals surface area contributed by atoms with Gasteiger partial charge in [-0.3, -0.25) is 0 Å². The maximum Gasteiger partial charge on any atom is 0.164 e. The summed E-state index contributed by atoms with van der Waals surface area (Å²) < 4.78 is 2.45. The van der Waals surface area contributed by atoms with E-state index in [-0.39, 0.29) is 0 Å². The van der Waals surface area contributed by atoms with Crippen LogP contribution in [0.1, 0.15) is 0 Å². The molecule has 3 nitrogen and oxygen atoms in total. The predicted octanol–water partition coefficient (Wildman–Crippen LogP) is 12.2. The van der Waals surface area contributed by atoms with Crippen LogP contribution < -0.4 is 0 Å². The molecule has 0 saturated carbocycles. The molecule has 230 valence electrons. The Hall–Kier alpha value is -6.23. The van der Waals surface area contributed by atoms with Gasteiger partial charge in [-0.2, -0.15) is 0 Å². The number of hydrogen-bond donors (Lipinski definition) is 0. The van der Waals surface area contributed by atoms with E-state index >= 15 is 0 Å². The lowest BCUT2D eigenvalue weighted by Gasteiger charge is -2.10. The molecule has 9 aromatic rings. The lowest BCUT2D eigenvalue weighted by molar-refractivity contribution is 1.08. The van der Waals surface area contributed by atoms with Crippen LogP contribution in [0.25, 0.3) is 87.7 Å². The van der Waals surface area contributed by atoms with Crippen LogP contribution in [0.5, 0.6) is 0 Å². The summed E-state index contributed by atoms with van der Waals surface area (Å²) in [6, 6.07) is 61.6. The molecular formula is C45H29N3S. The van der Waals surface area contributed by atoms with E-state index in [0.29, 0.717) is 17.5 Å². The lowest BCUT2D eigenvalue weighted by atomic mass is 9.99. The van der Waals surface area contributed by atoms with E-state index in [1.165, 1.54) is 48.0 Å². The average molecular weight is 644 g/mol. The van der Waals surface area contributed by atoms with E-state index in [4.69, 9.17) is 15.0 Å². The Morgan fingerprint density at radius 1 is 0.306 bits per heavy atom. The van der Waals surface area contributed by atoms with Gasteiger partial charge in [-0.25, -0.2) is 15.0 Å². The van der Waals surface area contributed by atoms with Crippen LogP contribution in [-0.4, -0.2) is 15.0 Å². The molecule has 2 aromatic heterocycles. The van der Waals surface area contributed by atoms with Crippen molar-refractivity contribution in [1.82, 2.24) is 15.0 Å². The van der Waals surface area contributed by atoms with E-state index in [9.17, 15) is 0 Å². The van der Waals surface area contributed by atoms with Crippen molar-refractivity contribution in [3.63, 3.8) is 0 Å². The van der Waals surface area contributed by atoms with Gasteiger partial charge in [-0.15, -0.1) is 11.3 Å². The van der Waals surface area contributed by atoms with Crippen LogP contribution in [0.2, 0.25) is 0 Å². The first kappa shape index (κ1) is 29.0. The highest BCUT2D eigenvalue weighted by Crippen LogP contribution is 2.41. The quantitative estimate of drug-likeness (QED) is 0.181. The maximum absolute atomic E-state index is 5.15. The largest absolute Gasteiger partial charge is 0.208 e. The van der Waals surface area contributed by atoms with Crippen molar-refractivity contribution in [2.75, 3.05) is 0 Å². The number of fused-ring (bicyclic) bond motifs is 3. The molecule has 0 fully saturated rings. The Morgan fingerprint density at radius 2 is 0.735 bits per heavy atom. The van der Waals surface area contributed by atoms with E-state index < -0.39 is 0 Å². The molecule has 0 unspecified atom stereocenters. The summed E-state index contributed by atoms with van der Waals surface area (Å²) in [7, 11) is 0. The second-order valence-electron chi connectivity index (χ2n) is 12.1. The van der Waals surface area contributed by atoms with Crippen LogP contribution in [-0.2, 0) is 0 Å². The number of thiophene rings is 1. The molecular weight excluding hydrogens is 615 g/mol. The van der Waals surface area contributed by atoms with Gasteiger partial charge in [0.15, 0.2) is 17.5 Å². The van der Waals surface area contributed by atoms with Crippen molar-refractivity contribution in [3.8, 4) is 67.5 Å². The van der Waals surface area contributed by atoms with Gasteiger partial charge < -0.3 is 0 Å². The Balaban J connectivity index is 1.15. The van der Waals surface area contributed by atoms with Crippen molar-refractivity contribution < 1.29 is 0 Å². The summed E-state index contributed by atoms with van der Waals surface area (Å²) >= 11 is 1.80. The normalized spacial score (nSPS) is 11.3.